The van der Waals surface area contributed by atoms with Crippen molar-refractivity contribution in [2.24, 2.45) is 5.92 Å². The number of nitrogens with one attached hydrogen (secondary N) is 1. The first-order valence-electron chi connectivity index (χ1n) is 7.22. The van der Waals surface area contributed by atoms with Crippen LogP contribution < -0.4 is 5.32 Å². The molecule has 1 N–H and O–H groups in total. The van der Waals surface area contributed by atoms with Crippen LogP contribution in [-0.4, -0.2) is 29.5 Å². The quantitative estimate of drug-likeness (QED) is 0.708. The van der Waals surface area contributed by atoms with Crippen molar-refractivity contribution >= 4 is 15.9 Å². The standard InChI is InChI=1S/C14H24BrN3O/c1-3-18-13(14(15)11(2)17-18)9-16-7-4-8-19-10-12-5-6-12/h12,16H,3-10H2,1-2H3. The molecule has 1 saturated carbocycles. The van der Waals surface area contributed by atoms with Crippen molar-refractivity contribution in [2.45, 2.75) is 46.2 Å². The summed E-state index contributed by atoms with van der Waals surface area (Å²) in [6.45, 7) is 8.75. The van der Waals surface area contributed by atoms with Crippen LogP contribution in [0.15, 0.2) is 4.47 Å². The fourth-order valence-electron chi connectivity index (χ4n) is 2.08. The largest absolute Gasteiger partial charge is 0.381 e. The highest BCUT2D eigenvalue weighted by atomic mass is 79.9. The van der Waals surface area contributed by atoms with Crippen LogP contribution in [-0.2, 0) is 17.8 Å². The zero-order chi connectivity index (χ0) is 13.7. The summed E-state index contributed by atoms with van der Waals surface area (Å²) >= 11 is 3.61. The summed E-state index contributed by atoms with van der Waals surface area (Å²) in [7, 11) is 0. The van der Waals surface area contributed by atoms with Gasteiger partial charge in [-0.25, -0.2) is 0 Å². The first kappa shape index (κ1) is 15.0. The second-order valence-corrected chi connectivity index (χ2v) is 6.00. The maximum atomic E-state index is 5.62. The minimum Gasteiger partial charge on any atom is -0.381 e. The fraction of sp³-hybridized carbons (Fsp3) is 0.786. The van der Waals surface area contributed by atoms with E-state index in [0.717, 1.165) is 55.4 Å². The molecule has 1 aliphatic rings. The molecule has 1 aliphatic carbocycles. The molecule has 1 fully saturated rings. The topological polar surface area (TPSA) is 39.1 Å². The Kier molecular flexibility index (Phi) is 5.85. The Morgan fingerprint density at radius 3 is 2.95 bits per heavy atom. The number of aryl methyl sites for hydroxylation is 2. The van der Waals surface area contributed by atoms with Crippen LogP contribution in [0.5, 0.6) is 0 Å². The normalized spacial score (nSPS) is 15.1. The average Bonchev–Trinajstić information content (AvgIpc) is 3.18. The molecule has 1 aromatic rings. The van der Waals surface area contributed by atoms with Gasteiger partial charge in [-0.1, -0.05) is 0 Å². The Morgan fingerprint density at radius 2 is 2.26 bits per heavy atom. The van der Waals surface area contributed by atoms with Crippen molar-refractivity contribution in [1.29, 1.82) is 0 Å². The van der Waals surface area contributed by atoms with E-state index in [-0.39, 0.29) is 0 Å². The predicted molar refractivity (Wildman–Crippen MR) is 80.2 cm³/mol. The van der Waals surface area contributed by atoms with Crippen molar-refractivity contribution < 1.29 is 4.74 Å². The van der Waals surface area contributed by atoms with Crippen molar-refractivity contribution in [3.8, 4) is 0 Å². The van der Waals surface area contributed by atoms with E-state index in [2.05, 4.69) is 38.0 Å². The average molecular weight is 330 g/mol. The lowest BCUT2D eigenvalue weighted by molar-refractivity contribution is 0.122. The highest BCUT2D eigenvalue weighted by Gasteiger charge is 2.20. The van der Waals surface area contributed by atoms with Gasteiger partial charge >= 0.3 is 0 Å². The highest BCUT2D eigenvalue weighted by molar-refractivity contribution is 9.10. The van der Waals surface area contributed by atoms with Gasteiger partial charge in [-0.05, 0) is 61.5 Å². The molecule has 0 aliphatic heterocycles. The second kappa shape index (κ2) is 7.41. The first-order chi connectivity index (χ1) is 9.22. The van der Waals surface area contributed by atoms with Gasteiger partial charge in [-0.2, -0.15) is 5.10 Å². The van der Waals surface area contributed by atoms with E-state index in [1.807, 2.05) is 6.92 Å². The Bertz CT molecular complexity index is 402. The predicted octanol–water partition coefficient (Wildman–Crippen LogP) is 2.88. The van der Waals surface area contributed by atoms with E-state index in [1.54, 1.807) is 0 Å². The summed E-state index contributed by atoms with van der Waals surface area (Å²) < 4.78 is 8.80. The summed E-state index contributed by atoms with van der Waals surface area (Å²) in [6.07, 6.45) is 3.81. The van der Waals surface area contributed by atoms with Gasteiger partial charge < -0.3 is 10.1 Å². The molecule has 108 valence electrons. The molecule has 0 radical (unpaired) electrons. The molecule has 1 aromatic heterocycles. The molecular weight excluding hydrogens is 306 g/mol. The molecule has 0 spiro atoms. The molecule has 1 heterocycles. The number of aromatic nitrogens is 2. The number of hydrogen-bond donors (Lipinski definition) is 1. The van der Waals surface area contributed by atoms with Gasteiger partial charge in [0.25, 0.3) is 0 Å². The number of ether oxygens (including phenoxy) is 1. The van der Waals surface area contributed by atoms with Gasteiger partial charge in [-0.15, -0.1) is 0 Å². The molecule has 19 heavy (non-hydrogen) atoms. The summed E-state index contributed by atoms with van der Waals surface area (Å²) in [5.41, 5.74) is 2.30. The van der Waals surface area contributed by atoms with E-state index in [9.17, 15) is 0 Å². The van der Waals surface area contributed by atoms with E-state index in [1.165, 1.54) is 18.5 Å². The Labute approximate surface area is 124 Å². The maximum absolute atomic E-state index is 5.62. The number of nitrogens with zero attached hydrogens (tertiary/aromatic N) is 2. The Balaban J connectivity index is 1.61. The smallest absolute Gasteiger partial charge is 0.0739 e. The molecule has 4 nitrogen and oxygen atoms in total. The molecule has 0 amide bonds. The van der Waals surface area contributed by atoms with Crippen LogP contribution in [0.1, 0.15) is 37.6 Å². The molecule has 0 atom stereocenters. The molecule has 0 unspecified atom stereocenters. The monoisotopic (exact) mass is 329 g/mol. The van der Waals surface area contributed by atoms with Gasteiger partial charge in [0.05, 0.1) is 15.9 Å². The summed E-state index contributed by atoms with van der Waals surface area (Å²) in [5, 5.41) is 7.95. The zero-order valence-corrected chi connectivity index (χ0v) is 13.5. The number of rotatable bonds is 9. The zero-order valence-electron chi connectivity index (χ0n) is 11.9. The van der Waals surface area contributed by atoms with Gasteiger partial charge in [0.15, 0.2) is 0 Å². The SMILES string of the molecule is CCn1nc(C)c(Br)c1CNCCCOCC1CC1. The third kappa shape index (κ3) is 4.58. The number of hydrogen-bond acceptors (Lipinski definition) is 3. The molecule has 5 heteroatoms. The second-order valence-electron chi connectivity index (χ2n) is 5.21. The van der Waals surface area contributed by atoms with Crippen molar-refractivity contribution in [1.82, 2.24) is 15.1 Å². The number of halogens is 1. The van der Waals surface area contributed by atoms with Gasteiger partial charge in [0, 0.05) is 26.3 Å². The molecule has 0 aromatic carbocycles. The van der Waals surface area contributed by atoms with E-state index < -0.39 is 0 Å². The molecule has 0 saturated heterocycles. The van der Waals surface area contributed by atoms with Crippen molar-refractivity contribution in [3.05, 3.63) is 15.9 Å². The summed E-state index contributed by atoms with van der Waals surface area (Å²) in [4.78, 5) is 0. The first-order valence-corrected chi connectivity index (χ1v) is 8.02. The lowest BCUT2D eigenvalue weighted by atomic mass is 10.3. The van der Waals surface area contributed by atoms with Crippen LogP contribution in [0.2, 0.25) is 0 Å². The minimum atomic E-state index is 0.859. The highest BCUT2D eigenvalue weighted by Crippen LogP contribution is 2.28. The van der Waals surface area contributed by atoms with Crippen LogP contribution >= 0.6 is 15.9 Å². The van der Waals surface area contributed by atoms with E-state index in [0.29, 0.717) is 0 Å². The van der Waals surface area contributed by atoms with Crippen LogP contribution in [0.3, 0.4) is 0 Å². The lowest BCUT2D eigenvalue weighted by Crippen LogP contribution is -2.19. The molecule has 0 bridgehead atoms. The maximum Gasteiger partial charge on any atom is 0.0739 e. The van der Waals surface area contributed by atoms with Gasteiger partial charge in [0.1, 0.15) is 0 Å². The Hall–Kier alpha value is -0.390. The third-order valence-corrected chi connectivity index (χ3v) is 4.47. The van der Waals surface area contributed by atoms with Gasteiger partial charge in [-0.3, -0.25) is 4.68 Å². The van der Waals surface area contributed by atoms with Crippen molar-refractivity contribution in [3.63, 3.8) is 0 Å². The fourth-order valence-corrected chi connectivity index (χ4v) is 2.50. The molecule has 2 rings (SSSR count). The lowest BCUT2D eigenvalue weighted by Gasteiger charge is -2.08. The van der Waals surface area contributed by atoms with E-state index >= 15 is 0 Å². The third-order valence-electron chi connectivity index (χ3n) is 3.44. The minimum absolute atomic E-state index is 0.859. The molecular formula is C14H24BrN3O. The van der Waals surface area contributed by atoms with Crippen LogP contribution in [0.4, 0.5) is 0 Å². The van der Waals surface area contributed by atoms with Crippen LogP contribution in [0.25, 0.3) is 0 Å². The summed E-state index contributed by atoms with van der Waals surface area (Å²) in [6, 6.07) is 0. The van der Waals surface area contributed by atoms with Crippen molar-refractivity contribution in [2.75, 3.05) is 19.8 Å². The van der Waals surface area contributed by atoms with Gasteiger partial charge in [0.2, 0.25) is 0 Å². The Morgan fingerprint density at radius 1 is 1.47 bits per heavy atom. The van der Waals surface area contributed by atoms with Crippen LogP contribution in [0, 0.1) is 12.8 Å². The summed E-state index contributed by atoms with van der Waals surface area (Å²) in [5.74, 6) is 0.866. The van der Waals surface area contributed by atoms with E-state index in [4.69, 9.17) is 4.74 Å².